The number of hydrogen-bond donors (Lipinski definition) is 0. The summed E-state index contributed by atoms with van der Waals surface area (Å²) in [5.41, 5.74) is 0. The maximum atomic E-state index is 11.9. The molecule has 1 aliphatic carbocycles. The molecule has 1 saturated carbocycles. The van der Waals surface area contributed by atoms with Gasteiger partial charge in [0.05, 0.1) is 11.3 Å². The summed E-state index contributed by atoms with van der Waals surface area (Å²) in [5, 5.41) is 8.27. The molecule has 0 atom stereocenters. The summed E-state index contributed by atoms with van der Waals surface area (Å²) in [6, 6.07) is 1.93. The SMILES string of the molecule is CC(C)N(CCC#N)S(=O)(=O)C1CC1. The highest BCUT2D eigenvalue weighted by Crippen LogP contribution is 2.31. The van der Waals surface area contributed by atoms with Crippen molar-refractivity contribution in [2.75, 3.05) is 6.54 Å². The lowest BCUT2D eigenvalue weighted by molar-refractivity contribution is 0.359. The van der Waals surface area contributed by atoms with E-state index in [9.17, 15) is 8.42 Å². The third-order valence-corrected chi connectivity index (χ3v) is 4.86. The van der Waals surface area contributed by atoms with E-state index in [1.165, 1.54) is 4.31 Å². The fourth-order valence-electron chi connectivity index (χ4n) is 1.40. The molecule has 0 aromatic carbocycles. The van der Waals surface area contributed by atoms with E-state index in [4.69, 9.17) is 5.26 Å². The average Bonchev–Trinajstić information content (AvgIpc) is 2.85. The van der Waals surface area contributed by atoms with E-state index < -0.39 is 10.0 Å². The van der Waals surface area contributed by atoms with Gasteiger partial charge >= 0.3 is 0 Å². The second kappa shape index (κ2) is 4.28. The molecular formula is C9H16N2O2S. The molecule has 0 bridgehead atoms. The Morgan fingerprint density at radius 3 is 2.43 bits per heavy atom. The predicted molar refractivity (Wildman–Crippen MR) is 54.0 cm³/mol. The Morgan fingerprint density at radius 2 is 2.07 bits per heavy atom. The second-order valence-corrected chi connectivity index (χ2v) is 6.02. The molecule has 0 aromatic rings. The van der Waals surface area contributed by atoms with Crippen molar-refractivity contribution in [1.29, 1.82) is 5.26 Å². The van der Waals surface area contributed by atoms with Gasteiger partial charge in [0, 0.05) is 19.0 Å². The lowest BCUT2D eigenvalue weighted by Crippen LogP contribution is -2.39. The fraction of sp³-hybridized carbons (Fsp3) is 0.889. The van der Waals surface area contributed by atoms with Crippen LogP contribution in [0.15, 0.2) is 0 Å². The van der Waals surface area contributed by atoms with Crippen LogP contribution in [0.2, 0.25) is 0 Å². The maximum absolute atomic E-state index is 11.9. The van der Waals surface area contributed by atoms with E-state index in [-0.39, 0.29) is 17.7 Å². The molecule has 1 fully saturated rings. The van der Waals surface area contributed by atoms with Crippen LogP contribution >= 0.6 is 0 Å². The average molecular weight is 216 g/mol. The van der Waals surface area contributed by atoms with Crippen molar-refractivity contribution in [1.82, 2.24) is 4.31 Å². The van der Waals surface area contributed by atoms with Gasteiger partial charge in [-0.1, -0.05) is 0 Å². The molecule has 0 spiro atoms. The molecule has 0 N–H and O–H groups in total. The number of sulfonamides is 1. The summed E-state index contributed by atoms with van der Waals surface area (Å²) in [4.78, 5) is 0. The minimum atomic E-state index is -3.12. The topological polar surface area (TPSA) is 61.2 Å². The zero-order valence-corrected chi connectivity index (χ0v) is 9.42. The largest absolute Gasteiger partial charge is 0.217 e. The number of hydrogen-bond acceptors (Lipinski definition) is 3. The summed E-state index contributed by atoms with van der Waals surface area (Å²) in [6.45, 7) is 4.02. The van der Waals surface area contributed by atoms with Gasteiger partial charge in [-0.3, -0.25) is 0 Å². The van der Waals surface area contributed by atoms with E-state index in [2.05, 4.69) is 0 Å². The summed E-state index contributed by atoms with van der Waals surface area (Å²) in [6.07, 6.45) is 1.82. The van der Waals surface area contributed by atoms with Crippen molar-refractivity contribution in [3.05, 3.63) is 0 Å². The molecule has 1 rings (SSSR count). The highest BCUT2D eigenvalue weighted by atomic mass is 32.2. The molecule has 0 heterocycles. The van der Waals surface area contributed by atoms with Crippen LogP contribution < -0.4 is 0 Å². The van der Waals surface area contributed by atoms with Crippen LogP contribution in [0.3, 0.4) is 0 Å². The summed E-state index contributed by atoms with van der Waals surface area (Å²) in [7, 11) is -3.12. The van der Waals surface area contributed by atoms with Crippen LogP contribution in [0.5, 0.6) is 0 Å². The molecule has 4 nitrogen and oxygen atoms in total. The molecule has 0 aromatic heterocycles. The highest BCUT2D eigenvalue weighted by Gasteiger charge is 2.40. The third kappa shape index (κ3) is 2.46. The smallest absolute Gasteiger partial charge is 0.212 e. The molecule has 14 heavy (non-hydrogen) atoms. The van der Waals surface area contributed by atoms with E-state index in [0.717, 1.165) is 12.8 Å². The Morgan fingerprint density at radius 1 is 1.50 bits per heavy atom. The molecule has 0 radical (unpaired) electrons. The Labute approximate surface area is 85.6 Å². The number of nitriles is 1. The Hall–Kier alpha value is -0.600. The first kappa shape index (κ1) is 11.5. The molecular weight excluding hydrogens is 200 g/mol. The van der Waals surface area contributed by atoms with E-state index >= 15 is 0 Å². The van der Waals surface area contributed by atoms with Crippen LogP contribution in [0.1, 0.15) is 33.1 Å². The van der Waals surface area contributed by atoms with Gasteiger partial charge in [0.2, 0.25) is 10.0 Å². The first-order valence-electron chi connectivity index (χ1n) is 4.87. The van der Waals surface area contributed by atoms with Crippen molar-refractivity contribution < 1.29 is 8.42 Å². The van der Waals surface area contributed by atoms with Crippen molar-refractivity contribution >= 4 is 10.0 Å². The fourth-order valence-corrected chi connectivity index (χ4v) is 3.45. The first-order valence-corrected chi connectivity index (χ1v) is 6.38. The van der Waals surface area contributed by atoms with Gasteiger partial charge in [-0.15, -0.1) is 0 Å². The minimum absolute atomic E-state index is 0.0473. The van der Waals surface area contributed by atoms with Crippen LogP contribution in [-0.2, 0) is 10.0 Å². The third-order valence-electron chi connectivity index (χ3n) is 2.29. The molecule has 0 amide bonds. The van der Waals surface area contributed by atoms with Crippen LogP contribution in [0.4, 0.5) is 0 Å². The van der Waals surface area contributed by atoms with Gasteiger partial charge in [-0.05, 0) is 26.7 Å². The Bertz CT molecular complexity index is 325. The predicted octanol–water partition coefficient (Wildman–Crippen LogP) is 1.10. The monoisotopic (exact) mass is 216 g/mol. The quantitative estimate of drug-likeness (QED) is 0.691. The molecule has 0 saturated heterocycles. The van der Waals surface area contributed by atoms with Crippen molar-refractivity contribution in [3.8, 4) is 6.07 Å². The minimum Gasteiger partial charge on any atom is -0.212 e. The first-order chi connectivity index (χ1) is 6.50. The standard InChI is InChI=1S/C9H16N2O2S/c1-8(2)11(7-3-6-10)14(12,13)9-4-5-9/h8-9H,3-5,7H2,1-2H3. The van der Waals surface area contributed by atoms with Gasteiger partial charge in [0.25, 0.3) is 0 Å². The summed E-state index contributed by atoms with van der Waals surface area (Å²) < 4.78 is 25.2. The second-order valence-electron chi connectivity index (χ2n) is 3.86. The molecule has 5 heteroatoms. The summed E-state index contributed by atoms with van der Waals surface area (Å²) in [5.74, 6) is 0. The van der Waals surface area contributed by atoms with Crippen molar-refractivity contribution in [2.24, 2.45) is 0 Å². The molecule has 80 valence electrons. The van der Waals surface area contributed by atoms with Crippen LogP contribution in [0.25, 0.3) is 0 Å². The maximum Gasteiger partial charge on any atom is 0.217 e. The summed E-state index contributed by atoms with van der Waals surface area (Å²) >= 11 is 0. The highest BCUT2D eigenvalue weighted by molar-refractivity contribution is 7.90. The Balaban J connectivity index is 2.72. The van der Waals surface area contributed by atoms with Gasteiger partial charge in [0.15, 0.2) is 0 Å². The van der Waals surface area contributed by atoms with E-state index in [1.807, 2.05) is 19.9 Å². The lowest BCUT2D eigenvalue weighted by Gasteiger charge is -2.24. The lowest BCUT2D eigenvalue weighted by atomic mass is 10.3. The van der Waals surface area contributed by atoms with Crippen LogP contribution in [0, 0.1) is 11.3 Å². The van der Waals surface area contributed by atoms with Gasteiger partial charge in [-0.2, -0.15) is 9.57 Å². The molecule has 1 aliphatic rings. The van der Waals surface area contributed by atoms with E-state index in [0.29, 0.717) is 6.54 Å². The van der Waals surface area contributed by atoms with Gasteiger partial charge in [-0.25, -0.2) is 8.42 Å². The van der Waals surface area contributed by atoms with Crippen molar-refractivity contribution in [3.63, 3.8) is 0 Å². The molecule has 0 unspecified atom stereocenters. The number of nitrogens with zero attached hydrogens (tertiary/aromatic N) is 2. The van der Waals surface area contributed by atoms with E-state index in [1.54, 1.807) is 0 Å². The Kier molecular flexibility index (Phi) is 3.51. The van der Waals surface area contributed by atoms with Crippen LogP contribution in [-0.4, -0.2) is 30.6 Å². The molecule has 0 aliphatic heterocycles. The normalized spacial score (nSPS) is 17.4. The van der Waals surface area contributed by atoms with Gasteiger partial charge in [0.1, 0.15) is 0 Å². The zero-order valence-electron chi connectivity index (χ0n) is 8.60. The number of rotatable bonds is 5. The van der Waals surface area contributed by atoms with Gasteiger partial charge < -0.3 is 0 Å². The van der Waals surface area contributed by atoms with Crippen molar-refractivity contribution in [2.45, 2.75) is 44.4 Å². The zero-order chi connectivity index (χ0) is 10.8.